The minimum Gasteiger partial charge on any atom is -0.469 e. The number of sulfonamides is 1. The third-order valence-electron chi connectivity index (χ3n) is 6.14. The maximum atomic E-state index is 13.8. The van der Waals surface area contributed by atoms with Gasteiger partial charge in [-0.2, -0.15) is 15.1 Å². The molecule has 0 spiro atoms. The zero-order valence-corrected chi connectivity index (χ0v) is 20.3. The molecule has 0 amide bonds. The summed E-state index contributed by atoms with van der Waals surface area (Å²) in [4.78, 5) is 20.0. The molecule has 186 valence electrons. The van der Waals surface area contributed by atoms with Crippen LogP contribution in [0.25, 0.3) is 11.0 Å². The second kappa shape index (κ2) is 9.46. The summed E-state index contributed by atoms with van der Waals surface area (Å²) in [5.74, 6) is 0.262. The van der Waals surface area contributed by atoms with E-state index >= 15 is 0 Å². The van der Waals surface area contributed by atoms with E-state index in [1.807, 2.05) is 24.3 Å². The summed E-state index contributed by atoms with van der Waals surface area (Å²) < 4.78 is 33.6. The number of para-hydroxylation sites is 1. The maximum absolute atomic E-state index is 13.8. The molecule has 36 heavy (non-hydrogen) atoms. The van der Waals surface area contributed by atoms with Crippen molar-refractivity contribution in [2.45, 2.75) is 30.2 Å². The van der Waals surface area contributed by atoms with Crippen LogP contribution >= 0.6 is 0 Å². The fourth-order valence-electron chi connectivity index (χ4n) is 4.34. The van der Waals surface area contributed by atoms with E-state index in [1.54, 1.807) is 30.5 Å². The van der Waals surface area contributed by atoms with Crippen molar-refractivity contribution in [3.63, 3.8) is 0 Å². The van der Waals surface area contributed by atoms with Crippen LogP contribution in [-0.2, 0) is 32.4 Å². The maximum Gasteiger partial charge on any atom is 0.305 e. The van der Waals surface area contributed by atoms with Crippen molar-refractivity contribution >= 4 is 44.5 Å². The van der Waals surface area contributed by atoms with Gasteiger partial charge in [-0.3, -0.25) is 14.2 Å². The number of H-pyrrole nitrogens is 1. The lowest BCUT2D eigenvalue weighted by Crippen LogP contribution is -2.45. The van der Waals surface area contributed by atoms with E-state index in [1.165, 1.54) is 11.4 Å². The predicted octanol–water partition coefficient (Wildman–Crippen LogP) is 2.27. The van der Waals surface area contributed by atoms with Crippen LogP contribution in [0.1, 0.15) is 17.5 Å². The quantitative estimate of drug-likeness (QED) is 0.319. The number of nitrogens with one attached hydrogen (secondary N) is 2. The molecule has 12 heteroatoms. The first kappa shape index (κ1) is 23.5. The van der Waals surface area contributed by atoms with E-state index in [2.05, 4.69) is 30.2 Å². The Hall–Kier alpha value is -4.19. The molecule has 4 aromatic rings. The van der Waals surface area contributed by atoms with Crippen LogP contribution in [0.4, 0.5) is 17.5 Å². The first-order valence-electron chi connectivity index (χ1n) is 11.3. The molecule has 0 fully saturated rings. The van der Waals surface area contributed by atoms with Crippen molar-refractivity contribution in [1.82, 2.24) is 20.2 Å². The molecule has 1 unspecified atom stereocenters. The number of methoxy groups -OCH3 is 1. The van der Waals surface area contributed by atoms with E-state index in [0.717, 1.165) is 11.1 Å². The Morgan fingerprint density at radius 3 is 2.75 bits per heavy atom. The number of anilines is 3. The normalized spacial score (nSPS) is 15.5. The number of hydrogen-bond acceptors (Lipinski definition) is 9. The highest BCUT2D eigenvalue weighted by Gasteiger charge is 2.33. The van der Waals surface area contributed by atoms with Crippen LogP contribution in [0.2, 0.25) is 0 Å². The minimum absolute atomic E-state index is 0.0854. The largest absolute Gasteiger partial charge is 0.469 e. The molecule has 0 aliphatic carbocycles. The van der Waals surface area contributed by atoms with Gasteiger partial charge in [0.05, 0.1) is 41.9 Å². The van der Waals surface area contributed by atoms with Gasteiger partial charge in [-0.05, 0) is 42.2 Å². The summed E-state index contributed by atoms with van der Waals surface area (Å²) in [6.45, 7) is 0.187. The average Bonchev–Trinajstić information content (AvgIpc) is 3.35. The van der Waals surface area contributed by atoms with E-state index in [-0.39, 0.29) is 35.8 Å². The van der Waals surface area contributed by atoms with Gasteiger partial charge >= 0.3 is 5.97 Å². The van der Waals surface area contributed by atoms with Gasteiger partial charge in [0.25, 0.3) is 10.0 Å². The van der Waals surface area contributed by atoms with Crippen LogP contribution in [-0.4, -0.2) is 54.2 Å². The number of aryl methyl sites for hydroxylation is 1. The first-order valence-corrected chi connectivity index (χ1v) is 12.8. The number of fused-ring (bicyclic) bond motifs is 2. The van der Waals surface area contributed by atoms with E-state index in [4.69, 9.17) is 5.73 Å². The summed E-state index contributed by atoms with van der Waals surface area (Å²) in [5, 5.41) is 10.8. The molecule has 0 saturated carbocycles. The van der Waals surface area contributed by atoms with Gasteiger partial charge in [0, 0.05) is 6.42 Å². The Morgan fingerprint density at radius 1 is 1.19 bits per heavy atom. The molecule has 1 aliphatic heterocycles. The Kier molecular flexibility index (Phi) is 6.18. The molecule has 2 aromatic carbocycles. The van der Waals surface area contributed by atoms with Gasteiger partial charge in [0.15, 0.2) is 5.65 Å². The SMILES string of the molecule is COC(=O)CCc1ccc(S(=O)(=O)N2CC(Nc3nc(N)nc4[nH]ncc34)Cc3ccccc32)cc1. The van der Waals surface area contributed by atoms with Crippen molar-refractivity contribution < 1.29 is 17.9 Å². The number of nitrogens with zero attached hydrogens (tertiary/aromatic N) is 4. The molecule has 0 radical (unpaired) electrons. The van der Waals surface area contributed by atoms with Gasteiger partial charge in [-0.1, -0.05) is 30.3 Å². The van der Waals surface area contributed by atoms with Crippen LogP contribution in [0.5, 0.6) is 0 Å². The first-order chi connectivity index (χ1) is 17.3. The predicted molar refractivity (Wildman–Crippen MR) is 135 cm³/mol. The van der Waals surface area contributed by atoms with Gasteiger partial charge in [-0.15, -0.1) is 0 Å². The molecule has 2 aromatic heterocycles. The fraction of sp³-hybridized carbons (Fsp3) is 0.250. The molecule has 4 N–H and O–H groups in total. The summed E-state index contributed by atoms with van der Waals surface area (Å²) >= 11 is 0. The summed E-state index contributed by atoms with van der Waals surface area (Å²) in [5.41, 5.74) is 8.74. The van der Waals surface area contributed by atoms with Crippen molar-refractivity contribution in [1.29, 1.82) is 0 Å². The zero-order chi connectivity index (χ0) is 25.3. The van der Waals surface area contributed by atoms with Gasteiger partial charge in [-0.25, -0.2) is 8.42 Å². The van der Waals surface area contributed by atoms with Crippen LogP contribution < -0.4 is 15.4 Å². The second-order valence-corrected chi connectivity index (χ2v) is 10.4. The highest BCUT2D eigenvalue weighted by atomic mass is 32.2. The van der Waals surface area contributed by atoms with Crippen molar-refractivity contribution in [2.75, 3.05) is 29.0 Å². The number of carbonyl (C=O) groups is 1. The standard InChI is InChI=1S/C24H25N7O4S/c1-35-21(32)11-8-15-6-9-18(10-7-15)36(33,34)31-14-17(12-16-4-2-3-5-20(16)31)27-22-19-13-26-30-23(19)29-24(25)28-22/h2-7,9-10,13,17H,8,11-12,14H2,1H3,(H4,25,26,27,28,29,30). The Balaban J connectivity index is 1.43. The molecular weight excluding hydrogens is 482 g/mol. The number of nitrogen functional groups attached to an aromatic ring is 1. The molecule has 1 aliphatic rings. The van der Waals surface area contributed by atoms with E-state index in [0.29, 0.717) is 35.4 Å². The molecule has 3 heterocycles. The average molecular weight is 508 g/mol. The Labute approximate surface area is 207 Å². The van der Waals surface area contributed by atoms with Crippen LogP contribution in [0.15, 0.2) is 59.6 Å². The highest BCUT2D eigenvalue weighted by Crippen LogP contribution is 2.33. The lowest BCUT2D eigenvalue weighted by molar-refractivity contribution is -0.140. The summed E-state index contributed by atoms with van der Waals surface area (Å²) in [6, 6.07) is 13.8. The number of nitrogens with two attached hydrogens (primary N) is 1. The Bertz CT molecular complexity index is 1520. The van der Waals surface area contributed by atoms with Gasteiger partial charge in [0.2, 0.25) is 5.95 Å². The van der Waals surface area contributed by atoms with E-state index < -0.39 is 10.0 Å². The lowest BCUT2D eigenvalue weighted by Gasteiger charge is -2.35. The lowest BCUT2D eigenvalue weighted by atomic mass is 9.99. The van der Waals surface area contributed by atoms with Crippen molar-refractivity contribution in [2.24, 2.45) is 0 Å². The van der Waals surface area contributed by atoms with Gasteiger partial charge in [0.1, 0.15) is 5.82 Å². The number of rotatable bonds is 7. The molecule has 1 atom stereocenters. The fourth-order valence-corrected chi connectivity index (χ4v) is 5.89. The van der Waals surface area contributed by atoms with Crippen LogP contribution in [0, 0.1) is 0 Å². The number of hydrogen-bond donors (Lipinski definition) is 3. The molecular formula is C24H25N7O4S. The zero-order valence-electron chi connectivity index (χ0n) is 19.5. The summed E-state index contributed by atoms with van der Waals surface area (Å²) in [7, 11) is -2.53. The number of aromatic amines is 1. The highest BCUT2D eigenvalue weighted by molar-refractivity contribution is 7.92. The molecule has 11 nitrogen and oxygen atoms in total. The summed E-state index contributed by atoms with van der Waals surface area (Å²) in [6.07, 6.45) is 2.89. The molecule has 5 rings (SSSR count). The number of ether oxygens (including phenoxy) is 1. The monoisotopic (exact) mass is 507 g/mol. The smallest absolute Gasteiger partial charge is 0.305 e. The third kappa shape index (κ3) is 4.54. The molecule has 0 saturated heterocycles. The van der Waals surface area contributed by atoms with Crippen molar-refractivity contribution in [3.8, 4) is 0 Å². The van der Waals surface area contributed by atoms with Crippen molar-refractivity contribution in [3.05, 3.63) is 65.9 Å². The van der Waals surface area contributed by atoms with Gasteiger partial charge < -0.3 is 15.8 Å². The van der Waals surface area contributed by atoms with E-state index in [9.17, 15) is 13.2 Å². The minimum atomic E-state index is -3.87. The Morgan fingerprint density at radius 2 is 1.97 bits per heavy atom. The number of esters is 1. The second-order valence-electron chi connectivity index (χ2n) is 8.49. The topological polar surface area (TPSA) is 156 Å². The molecule has 0 bridgehead atoms. The number of carbonyl (C=O) groups excluding carboxylic acids is 1. The number of aromatic nitrogens is 4. The van der Waals surface area contributed by atoms with Crippen LogP contribution in [0.3, 0.4) is 0 Å². The third-order valence-corrected chi connectivity index (χ3v) is 7.93. The number of benzene rings is 2.